The molecule has 0 aliphatic carbocycles. The van der Waals surface area contributed by atoms with E-state index in [0.717, 1.165) is 7.11 Å². The summed E-state index contributed by atoms with van der Waals surface area (Å²) in [4.78, 5) is 10.4. The minimum Gasteiger partial charge on any atom is -0.476 e. The van der Waals surface area contributed by atoms with Crippen molar-refractivity contribution in [2.75, 3.05) is 13.7 Å². The molecule has 1 N–H and O–H groups in total. The van der Waals surface area contributed by atoms with Crippen LogP contribution in [-0.4, -0.2) is 30.6 Å². The molecule has 0 amide bonds. The van der Waals surface area contributed by atoms with Crippen LogP contribution in [0.4, 0.5) is 0 Å². The molecule has 0 heterocycles. The molecule has 0 aliphatic heterocycles. The number of nitriles is 1. The first kappa shape index (κ1) is 9.88. The van der Waals surface area contributed by atoms with Gasteiger partial charge in [-0.25, -0.2) is 4.79 Å². The van der Waals surface area contributed by atoms with E-state index in [2.05, 4.69) is 9.47 Å². The van der Waals surface area contributed by atoms with Gasteiger partial charge in [-0.3, -0.25) is 0 Å². The topological polar surface area (TPSA) is 79.5 Å². The molecule has 1 atom stereocenters. The van der Waals surface area contributed by atoms with Crippen molar-refractivity contribution in [3.8, 4) is 6.07 Å². The molecule has 0 spiro atoms. The van der Waals surface area contributed by atoms with E-state index in [0.29, 0.717) is 0 Å². The number of carboxylic acids is 1. The number of methoxy groups -OCH3 is 1. The number of aliphatic carboxylic acids is 1. The van der Waals surface area contributed by atoms with Crippen molar-refractivity contribution < 1.29 is 19.4 Å². The Labute approximate surface area is 64.1 Å². The van der Waals surface area contributed by atoms with Gasteiger partial charge in [-0.15, -0.1) is 0 Å². The fourth-order valence-corrected chi connectivity index (χ4v) is 0.537. The Balaban J connectivity index is 4.50. The summed E-state index contributed by atoms with van der Waals surface area (Å²) in [6.45, 7) is 1.68. The molecule has 11 heavy (non-hydrogen) atoms. The summed E-state index contributed by atoms with van der Waals surface area (Å²) < 4.78 is 9.01. The lowest BCUT2D eigenvalue weighted by Crippen LogP contribution is -2.42. The van der Waals surface area contributed by atoms with Crippen LogP contribution in [0.1, 0.15) is 6.92 Å². The third kappa shape index (κ3) is 1.90. The predicted molar refractivity (Wildman–Crippen MR) is 34.6 cm³/mol. The molecule has 1 unspecified atom stereocenters. The molecule has 0 saturated heterocycles. The number of nitrogens with zero attached hydrogens (tertiary/aromatic N) is 1. The summed E-state index contributed by atoms with van der Waals surface area (Å²) in [5, 5.41) is 16.9. The van der Waals surface area contributed by atoms with Crippen molar-refractivity contribution in [2.45, 2.75) is 12.7 Å². The number of ether oxygens (including phenoxy) is 2. The minimum absolute atomic E-state index is 0.105. The summed E-state index contributed by atoms with van der Waals surface area (Å²) in [5.41, 5.74) is 0. The Bertz CT molecular complexity index is 186. The van der Waals surface area contributed by atoms with Crippen molar-refractivity contribution in [1.82, 2.24) is 0 Å². The van der Waals surface area contributed by atoms with Crippen molar-refractivity contribution in [2.24, 2.45) is 0 Å². The molecular formula is C6H9NO4. The van der Waals surface area contributed by atoms with Crippen molar-refractivity contribution in [1.29, 1.82) is 5.26 Å². The monoisotopic (exact) mass is 159 g/mol. The van der Waals surface area contributed by atoms with Crippen LogP contribution in [0, 0.1) is 11.3 Å². The van der Waals surface area contributed by atoms with E-state index < -0.39 is 11.8 Å². The second-order valence-corrected chi connectivity index (χ2v) is 1.67. The van der Waals surface area contributed by atoms with Gasteiger partial charge in [0.25, 0.3) is 0 Å². The number of hydrogen-bond acceptors (Lipinski definition) is 4. The maximum absolute atomic E-state index is 10.4. The number of hydrogen-bond donors (Lipinski definition) is 1. The van der Waals surface area contributed by atoms with Gasteiger partial charge in [-0.1, -0.05) is 0 Å². The quantitative estimate of drug-likeness (QED) is 0.583. The molecule has 5 heteroatoms. The first-order valence-electron chi connectivity index (χ1n) is 2.96. The van der Waals surface area contributed by atoms with Gasteiger partial charge in [0.1, 0.15) is 6.07 Å². The van der Waals surface area contributed by atoms with Crippen LogP contribution >= 0.6 is 0 Å². The predicted octanol–water partition coefficient (Wildman–Crippen LogP) is -0.0262. The third-order valence-corrected chi connectivity index (χ3v) is 1.06. The van der Waals surface area contributed by atoms with Gasteiger partial charge >= 0.3 is 11.8 Å². The molecule has 0 aromatic heterocycles. The summed E-state index contributed by atoms with van der Waals surface area (Å²) in [5.74, 6) is -3.58. The van der Waals surface area contributed by atoms with E-state index in [1.165, 1.54) is 6.07 Å². The third-order valence-electron chi connectivity index (χ3n) is 1.06. The second kappa shape index (κ2) is 3.91. The Morgan fingerprint density at radius 2 is 2.36 bits per heavy atom. The Morgan fingerprint density at radius 1 is 1.82 bits per heavy atom. The van der Waals surface area contributed by atoms with Gasteiger partial charge in [-0.05, 0) is 6.92 Å². The zero-order valence-electron chi connectivity index (χ0n) is 6.33. The molecule has 0 aromatic rings. The van der Waals surface area contributed by atoms with Crippen LogP contribution in [0.5, 0.6) is 0 Å². The van der Waals surface area contributed by atoms with Crippen LogP contribution in [-0.2, 0) is 14.3 Å². The lowest BCUT2D eigenvalue weighted by molar-refractivity contribution is -0.209. The van der Waals surface area contributed by atoms with Crippen LogP contribution in [0.25, 0.3) is 0 Å². The lowest BCUT2D eigenvalue weighted by atomic mass is 10.3. The van der Waals surface area contributed by atoms with Crippen LogP contribution < -0.4 is 0 Å². The standard InChI is InChI=1S/C6H9NO4/c1-3-11-6(4-7,10-2)5(8)9/h3H2,1-2H3,(H,8,9). The summed E-state index contributed by atoms with van der Waals surface area (Å²) in [7, 11) is 1.10. The maximum atomic E-state index is 10.4. The molecular weight excluding hydrogens is 150 g/mol. The van der Waals surface area contributed by atoms with Crippen molar-refractivity contribution in [3.63, 3.8) is 0 Å². The second-order valence-electron chi connectivity index (χ2n) is 1.67. The van der Waals surface area contributed by atoms with E-state index in [1.54, 1.807) is 6.92 Å². The highest BCUT2D eigenvalue weighted by molar-refractivity contribution is 5.79. The SMILES string of the molecule is CCOC(C#N)(OC)C(=O)O. The molecule has 0 rings (SSSR count). The normalized spacial score (nSPS) is 15.0. The smallest absolute Gasteiger partial charge is 0.380 e. The molecule has 5 nitrogen and oxygen atoms in total. The molecule has 0 fully saturated rings. The highest BCUT2D eigenvalue weighted by atomic mass is 16.7. The number of carboxylic acid groups (broad SMARTS) is 1. The van der Waals surface area contributed by atoms with Gasteiger partial charge < -0.3 is 14.6 Å². The summed E-state index contributed by atoms with van der Waals surface area (Å²) in [6.07, 6.45) is 0. The van der Waals surface area contributed by atoms with Crippen LogP contribution in [0.2, 0.25) is 0 Å². The van der Waals surface area contributed by atoms with E-state index in [9.17, 15) is 4.79 Å². The molecule has 62 valence electrons. The molecule has 0 saturated carbocycles. The molecule has 0 aliphatic rings. The Kier molecular flexibility index (Phi) is 3.51. The van der Waals surface area contributed by atoms with E-state index in [-0.39, 0.29) is 6.61 Å². The first-order valence-corrected chi connectivity index (χ1v) is 2.96. The van der Waals surface area contributed by atoms with Crippen molar-refractivity contribution in [3.05, 3.63) is 0 Å². The number of carbonyl (C=O) groups is 1. The van der Waals surface area contributed by atoms with Crippen molar-refractivity contribution >= 4 is 5.97 Å². The van der Waals surface area contributed by atoms with Gasteiger partial charge in [0.2, 0.25) is 0 Å². The first-order chi connectivity index (χ1) is 5.13. The molecule has 0 bridgehead atoms. The van der Waals surface area contributed by atoms with Gasteiger partial charge in [0.15, 0.2) is 0 Å². The highest BCUT2D eigenvalue weighted by Gasteiger charge is 2.40. The van der Waals surface area contributed by atoms with Gasteiger partial charge in [0, 0.05) is 13.7 Å². The highest BCUT2D eigenvalue weighted by Crippen LogP contribution is 2.10. The average molecular weight is 159 g/mol. The lowest BCUT2D eigenvalue weighted by Gasteiger charge is -2.18. The molecule has 0 aromatic carbocycles. The van der Waals surface area contributed by atoms with Crippen LogP contribution in [0.15, 0.2) is 0 Å². The largest absolute Gasteiger partial charge is 0.476 e. The maximum Gasteiger partial charge on any atom is 0.380 e. The average Bonchev–Trinajstić information content (AvgIpc) is 2.00. The zero-order valence-corrected chi connectivity index (χ0v) is 6.33. The summed E-state index contributed by atoms with van der Waals surface area (Å²) >= 11 is 0. The van der Waals surface area contributed by atoms with E-state index in [1.807, 2.05) is 0 Å². The Morgan fingerprint density at radius 3 is 2.45 bits per heavy atom. The van der Waals surface area contributed by atoms with Crippen LogP contribution in [0.3, 0.4) is 0 Å². The van der Waals surface area contributed by atoms with E-state index >= 15 is 0 Å². The zero-order chi connectivity index (χ0) is 8.91. The number of rotatable bonds is 4. The Hall–Kier alpha value is -1.12. The van der Waals surface area contributed by atoms with Gasteiger partial charge in [0.05, 0.1) is 0 Å². The van der Waals surface area contributed by atoms with Gasteiger partial charge in [-0.2, -0.15) is 5.26 Å². The van der Waals surface area contributed by atoms with E-state index in [4.69, 9.17) is 10.4 Å². The summed E-state index contributed by atoms with van der Waals surface area (Å²) in [6, 6.07) is 1.42. The fraction of sp³-hybridized carbons (Fsp3) is 0.667. The minimum atomic E-state index is -2.14. The molecule has 0 radical (unpaired) electrons. The fourth-order valence-electron chi connectivity index (χ4n) is 0.537.